The summed E-state index contributed by atoms with van der Waals surface area (Å²) in [7, 11) is 0. The fraction of sp³-hybridized carbons (Fsp3) is 0.476. The predicted octanol–water partition coefficient (Wildman–Crippen LogP) is 4.25. The lowest BCUT2D eigenvalue weighted by molar-refractivity contribution is -0.153. The van der Waals surface area contributed by atoms with Crippen LogP contribution in [-0.2, 0) is 0 Å². The summed E-state index contributed by atoms with van der Waals surface area (Å²) in [5.74, 6) is 0.612. The van der Waals surface area contributed by atoms with Crippen LogP contribution in [0.5, 0.6) is 5.75 Å². The Morgan fingerprint density at radius 1 is 1.36 bits per heavy atom. The number of hydrogen-bond acceptors (Lipinski definition) is 4. The Labute approximate surface area is 161 Å². The molecule has 0 saturated carbocycles. The average molecular weight is 392 g/mol. The van der Waals surface area contributed by atoms with E-state index in [9.17, 15) is 18.3 Å². The predicted molar refractivity (Wildman–Crippen MR) is 100 cm³/mol. The van der Waals surface area contributed by atoms with Crippen LogP contribution < -0.4 is 4.74 Å². The highest BCUT2D eigenvalue weighted by Gasteiger charge is 2.40. The van der Waals surface area contributed by atoms with Gasteiger partial charge in [-0.2, -0.15) is 13.2 Å². The van der Waals surface area contributed by atoms with Crippen LogP contribution in [0.15, 0.2) is 42.1 Å². The molecule has 3 aliphatic heterocycles. The molecule has 0 spiro atoms. The molecule has 0 amide bonds. The molecular formula is C21H23F3N2O2. The standard InChI is InChI=1S/C21H23F3N2O2/c1-2-13-11-26-8-6-14(13)9-19(26)20(27)16-5-7-25-18-4-3-15(10-17(16)18)28-12-21(22,23)24/h2-5,7,10,14,19-20,27H,6,8-9,11-12H2,1H3/t14-,19-,20+/m0/s1. The molecule has 7 heteroatoms. The summed E-state index contributed by atoms with van der Waals surface area (Å²) < 4.78 is 42.3. The van der Waals surface area contributed by atoms with E-state index in [1.807, 2.05) is 0 Å². The molecule has 4 heterocycles. The van der Waals surface area contributed by atoms with Gasteiger partial charge >= 0.3 is 6.18 Å². The lowest BCUT2D eigenvalue weighted by atomic mass is 9.76. The fourth-order valence-electron chi connectivity index (χ4n) is 4.46. The number of aromatic nitrogens is 1. The van der Waals surface area contributed by atoms with Gasteiger partial charge in [0.2, 0.25) is 0 Å². The number of piperidine rings is 3. The van der Waals surface area contributed by atoms with E-state index >= 15 is 0 Å². The van der Waals surface area contributed by atoms with Crippen LogP contribution in [0.1, 0.15) is 31.4 Å². The first-order valence-corrected chi connectivity index (χ1v) is 9.51. The van der Waals surface area contributed by atoms with Crippen LogP contribution in [0.3, 0.4) is 0 Å². The fourth-order valence-corrected chi connectivity index (χ4v) is 4.46. The van der Waals surface area contributed by atoms with Crippen molar-refractivity contribution in [1.82, 2.24) is 9.88 Å². The minimum atomic E-state index is -4.40. The van der Waals surface area contributed by atoms with Crippen LogP contribution in [0.4, 0.5) is 13.2 Å². The summed E-state index contributed by atoms with van der Waals surface area (Å²) in [4.78, 5) is 6.58. The Hall–Kier alpha value is -2.12. The van der Waals surface area contributed by atoms with Crippen LogP contribution in [0.25, 0.3) is 10.9 Å². The van der Waals surface area contributed by atoms with Gasteiger partial charge < -0.3 is 9.84 Å². The van der Waals surface area contributed by atoms with E-state index < -0.39 is 18.9 Å². The molecule has 3 fully saturated rings. The van der Waals surface area contributed by atoms with Crippen molar-refractivity contribution in [3.05, 3.63) is 47.7 Å². The highest BCUT2D eigenvalue weighted by Crippen LogP contribution is 2.41. The average Bonchev–Trinajstić information content (AvgIpc) is 2.70. The van der Waals surface area contributed by atoms with Crippen molar-refractivity contribution < 1.29 is 23.0 Å². The molecule has 2 bridgehead atoms. The number of aliphatic hydroxyl groups is 1. The molecule has 0 radical (unpaired) electrons. The molecular weight excluding hydrogens is 369 g/mol. The lowest BCUT2D eigenvalue weighted by Gasteiger charge is -2.48. The molecule has 1 N–H and O–H groups in total. The second kappa shape index (κ2) is 7.37. The van der Waals surface area contributed by atoms with Gasteiger partial charge in [0.25, 0.3) is 0 Å². The van der Waals surface area contributed by atoms with Gasteiger partial charge in [0.15, 0.2) is 6.61 Å². The maximum Gasteiger partial charge on any atom is 0.422 e. The van der Waals surface area contributed by atoms with E-state index in [0.717, 1.165) is 25.9 Å². The smallest absolute Gasteiger partial charge is 0.422 e. The van der Waals surface area contributed by atoms with E-state index in [1.54, 1.807) is 24.4 Å². The third-order valence-electron chi connectivity index (χ3n) is 5.87. The monoisotopic (exact) mass is 392 g/mol. The van der Waals surface area contributed by atoms with E-state index in [-0.39, 0.29) is 11.8 Å². The van der Waals surface area contributed by atoms with Gasteiger partial charge in [0, 0.05) is 24.2 Å². The van der Waals surface area contributed by atoms with Crippen LogP contribution in [0, 0.1) is 5.92 Å². The van der Waals surface area contributed by atoms with Gasteiger partial charge in [-0.3, -0.25) is 9.88 Å². The molecule has 2 aromatic rings. The van der Waals surface area contributed by atoms with E-state index in [0.29, 0.717) is 22.4 Å². The van der Waals surface area contributed by atoms with E-state index in [4.69, 9.17) is 4.74 Å². The number of nitrogens with zero attached hydrogens (tertiary/aromatic N) is 2. The molecule has 3 aliphatic rings. The molecule has 0 aliphatic carbocycles. The first kappa shape index (κ1) is 19.2. The summed E-state index contributed by atoms with van der Waals surface area (Å²) in [5, 5.41) is 11.8. The van der Waals surface area contributed by atoms with Crippen molar-refractivity contribution in [1.29, 1.82) is 0 Å². The highest BCUT2D eigenvalue weighted by atomic mass is 19.4. The Kier molecular flexibility index (Phi) is 5.05. The van der Waals surface area contributed by atoms with Crippen molar-refractivity contribution in [2.75, 3.05) is 19.7 Å². The zero-order chi connectivity index (χ0) is 19.9. The molecule has 4 nitrogen and oxygen atoms in total. The molecule has 3 saturated heterocycles. The van der Waals surface area contributed by atoms with Crippen LogP contribution in [0.2, 0.25) is 0 Å². The zero-order valence-electron chi connectivity index (χ0n) is 15.6. The number of rotatable bonds is 4. The molecule has 1 aromatic carbocycles. The molecule has 150 valence electrons. The molecule has 4 atom stereocenters. The molecule has 1 unspecified atom stereocenters. The molecule has 5 rings (SSSR count). The van der Waals surface area contributed by atoms with Crippen molar-refractivity contribution in [2.24, 2.45) is 5.92 Å². The second-order valence-electron chi connectivity index (χ2n) is 7.55. The van der Waals surface area contributed by atoms with Crippen LogP contribution >= 0.6 is 0 Å². The first-order valence-electron chi connectivity index (χ1n) is 9.51. The van der Waals surface area contributed by atoms with Gasteiger partial charge in [-0.15, -0.1) is 0 Å². The van der Waals surface area contributed by atoms with Gasteiger partial charge in [-0.25, -0.2) is 0 Å². The van der Waals surface area contributed by atoms with Gasteiger partial charge in [-0.1, -0.05) is 11.6 Å². The Bertz CT molecular complexity index is 897. The highest BCUT2D eigenvalue weighted by molar-refractivity contribution is 5.84. The quantitative estimate of drug-likeness (QED) is 0.791. The minimum Gasteiger partial charge on any atom is -0.484 e. The molecule has 28 heavy (non-hydrogen) atoms. The normalized spacial score (nSPS) is 27.3. The maximum atomic E-state index is 12.5. The summed E-state index contributed by atoms with van der Waals surface area (Å²) in [6, 6.07) is 6.39. The third-order valence-corrected chi connectivity index (χ3v) is 5.87. The van der Waals surface area contributed by atoms with Crippen LogP contribution in [-0.4, -0.2) is 46.9 Å². The Morgan fingerprint density at radius 2 is 2.18 bits per heavy atom. The van der Waals surface area contributed by atoms with Gasteiger partial charge in [-0.05, 0) is 62.1 Å². The second-order valence-corrected chi connectivity index (χ2v) is 7.55. The van der Waals surface area contributed by atoms with Crippen molar-refractivity contribution >= 4 is 10.9 Å². The topological polar surface area (TPSA) is 45.6 Å². The van der Waals surface area contributed by atoms with Gasteiger partial charge in [0.1, 0.15) is 5.75 Å². The third kappa shape index (κ3) is 3.73. The number of allylic oxidation sites excluding steroid dienone is 1. The number of fused-ring (bicyclic) bond motifs is 4. The minimum absolute atomic E-state index is 0.00667. The number of ether oxygens (including phenoxy) is 1. The van der Waals surface area contributed by atoms with Crippen molar-refractivity contribution in [3.63, 3.8) is 0 Å². The molecule has 1 aromatic heterocycles. The van der Waals surface area contributed by atoms with Crippen molar-refractivity contribution in [3.8, 4) is 5.75 Å². The summed E-state index contributed by atoms with van der Waals surface area (Å²) >= 11 is 0. The summed E-state index contributed by atoms with van der Waals surface area (Å²) in [5.41, 5.74) is 2.74. The lowest BCUT2D eigenvalue weighted by Crippen LogP contribution is -2.52. The first-order chi connectivity index (χ1) is 13.4. The van der Waals surface area contributed by atoms with Crippen molar-refractivity contribution in [2.45, 2.75) is 38.1 Å². The SMILES string of the molecule is CC=C1CN2CC[C@H]1C[C@H]2[C@H](O)c1ccnc2ccc(OCC(F)(F)F)cc12. The van der Waals surface area contributed by atoms with Gasteiger partial charge in [0.05, 0.1) is 11.6 Å². The van der Waals surface area contributed by atoms with E-state index in [1.165, 1.54) is 11.6 Å². The number of hydrogen-bond donors (Lipinski definition) is 1. The number of halogens is 3. The number of aliphatic hydroxyl groups excluding tert-OH is 1. The maximum absolute atomic E-state index is 12.5. The van der Waals surface area contributed by atoms with E-state index in [2.05, 4.69) is 22.9 Å². The number of benzene rings is 1. The summed E-state index contributed by atoms with van der Waals surface area (Å²) in [6.07, 6.45) is 0.663. The number of alkyl halides is 3. The zero-order valence-corrected chi connectivity index (χ0v) is 15.6. The Balaban J connectivity index is 1.62. The largest absolute Gasteiger partial charge is 0.484 e. The summed E-state index contributed by atoms with van der Waals surface area (Å²) in [6.45, 7) is 2.53. The number of pyridine rings is 1. The Morgan fingerprint density at radius 3 is 2.86 bits per heavy atom.